The number of phenolic OH excluding ortho intramolecular Hbond substituents is 1. The zero-order valence-electron chi connectivity index (χ0n) is 40.2. The number of hydrogen-bond acceptors (Lipinski definition) is 16. The summed E-state index contributed by atoms with van der Waals surface area (Å²) in [6.07, 6.45) is -4.43. The molecule has 0 radical (unpaired) electrons. The predicted molar refractivity (Wildman–Crippen MR) is 247 cm³/mol. The van der Waals surface area contributed by atoms with Crippen LogP contribution in [0, 0.1) is 11.8 Å². The standard InChI is InChI=1S/C44H68N10O17/c1-19(2)14-26(37(63)51-30(18-55)41(67)54-35(22(6)57)43(69)50-29(17-32(60)61)40(66)52-33(20(3)4)44(70)71)47-38(64)27(15-23-9-11-24(58)12-10-23)48-39(65)28(16-31(45)59)49-42(68)34(21(5)56)53-36(62)25-8-7-13-46-25/h9-12,19-22,25-30,33-35,46,55-58H,7-8,13-18H2,1-6H3,(H2,45,59)(H,47,64)(H,48,65)(H,49,68)(H,50,69)(H,51,63)(H,52,66)(H,53,62)(H,54,67)(H,60,61)(H,70,71)/t21-,22-,25+,26+,27+,28+,29+,30+,33+,34+,35+/m1/s1. The van der Waals surface area contributed by atoms with E-state index >= 15 is 0 Å². The molecule has 11 atom stereocenters. The van der Waals surface area contributed by atoms with Crippen molar-refractivity contribution in [2.75, 3.05) is 13.2 Å². The third-order valence-electron chi connectivity index (χ3n) is 10.9. The van der Waals surface area contributed by atoms with E-state index in [1.165, 1.54) is 45.0 Å². The van der Waals surface area contributed by atoms with Gasteiger partial charge in [-0.1, -0.05) is 39.8 Å². The molecule has 1 aromatic rings. The average molecular weight is 1010 g/mol. The highest BCUT2D eigenvalue weighted by atomic mass is 16.4. The van der Waals surface area contributed by atoms with Gasteiger partial charge in [-0.25, -0.2) is 4.79 Å². The number of hydrogen-bond donors (Lipinski definition) is 16. The summed E-state index contributed by atoms with van der Waals surface area (Å²) in [6, 6.07) is -9.02. The average Bonchev–Trinajstić information content (AvgIpc) is 3.82. The maximum Gasteiger partial charge on any atom is 0.326 e. The number of phenols is 1. The Morgan fingerprint density at radius 3 is 1.52 bits per heavy atom. The van der Waals surface area contributed by atoms with Crippen LogP contribution in [0.5, 0.6) is 5.75 Å². The van der Waals surface area contributed by atoms with E-state index in [1.807, 2.05) is 0 Å². The van der Waals surface area contributed by atoms with Crippen LogP contribution in [0.4, 0.5) is 0 Å². The van der Waals surface area contributed by atoms with Crippen LogP contribution in [0.3, 0.4) is 0 Å². The largest absolute Gasteiger partial charge is 0.508 e. The highest BCUT2D eigenvalue weighted by molar-refractivity contribution is 5.99. The second kappa shape index (κ2) is 28.6. The summed E-state index contributed by atoms with van der Waals surface area (Å²) in [5.41, 5.74) is 5.76. The first-order chi connectivity index (χ1) is 33.1. The maximum atomic E-state index is 14.2. The van der Waals surface area contributed by atoms with Crippen molar-refractivity contribution in [1.29, 1.82) is 0 Å². The first kappa shape index (κ1) is 60.2. The predicted octanol–water partition coefficient (Wildman–Crippen LogP) is -5.54. The molecule has 1 aromatic carbocycles. The highest BCUT2D eigenvalue weighted by Gasteiger charge is 2.38. The molecule has 27 heteroatoms. The number of carbonyl (C=O) groups is 11. The third-order valence-corrected chi connectivity index (χ3v) is 10.9. The van der Waals surface area contributed by atoms with Crippen LogP contribution in [0.25, 0.3) is 0 Å². The molecule has 1 fully saturated rings. The summed E-state index contributed by atoms with van der Waals surface area (Å²) in [5.74, 6) is -14.0. The maximum absolute atomic E-state index is 14.2. The molecule has 17 N–H and O–H groups in total. The summed E-state index contributed by atoms with van der Waals surface area (Å²) >= 11 is 0. The van der Waals surface area contributed by atoms with E-state index in [1.54, 1.807) is 13.8 Å². The van der Waals surface area contributed by atoms with Crippen LogP contribution in [-0.2, 0) is 59.2 Å². The van der Waals surface area contributed by atoms with Crippen molar-refractivity contribution in [3.8, 4) is 5.75 Å². The van der Waals surface area contributed by atoms with Gasteiger partial charge in [-0.2, -0.15) is 0 Å². The Bertz CT molecular complexity index is 2060. The summed E-state index contributed by atoms with van der Waals surface area (Å²) in [6.45, 7) is 7.91. The number of aliphatic hydroxyl groups excluding tert-OH is 3. The topological polar surface area (TPSA) is 443 Å². The number of amides is 9. The fourth-order valence-electron chi connectivity index (χ4n) is 7.10. The van der Waals surface area contributed by atoms with Crippen molar-refractivity contribution >= 4 is 65.1 Å². The fourth-order valence-corrected chi connectivity index (χ4v) is 7.10. The van der Waals surface area contributed by atoms with E-state index in [-0.39, 0.29) is 24.5 Å². The van der Waals surface area contributed by atoms with E-state index < -0.39 is 157 Å². The number of primary amides is 1. The van der Waals surface area contributed by atoms with Crippen LogP contribution < -0.4 is 53.6 Å². The van der Waals surface area contributed by atoms with Crippen molar-refractivity contribution in [1.82, 2.24) is 47.9 Å². The number of rotatable bonds is 29. The fraction of sp³-hybridized carbons (Fsp3) is 0.614. The normalized spacial score (nSPS) is 17.5. The van der Waals surface area contributed by atoms with Crippen LogP contribution in [0.15, 0.2) is 24.3 Å². The van der Waals surface area contributed by atoms with Gasteiger partial charge >= 0.3 is 11.9 Å². The van der Waals surface area contributed by atoms with Crippen LogP contribution in [0.1, 0.15) is 79.2 Å². The molecular weight excluding hydrogens is 941 g/mol. The lowest BCUT2D eigenvalue weighted by Crippen LogP contribution is -2.63. The number of aliphatic hydroxyl groups is 3. The number of carboxylic acid groups (broad SMARTS) is 2. The SMILES string of the molecule is CC(C)C[C@H](NC(=O)[C@H](Cc1ccc(O)cc1)NC(=O)[C@H](CC(N)=O)NC(=O)[C@@H](NC(=O)[C@@H]1CCCN1)[C@@H](C)O)C(=O)N[C@@H](CO)C(=O)N[C@H](C(=O)N[C@@H](CC(=O)O)C(=O)N[C@H](C(=O)O)C(C)C)[C@@H](C)O. The van der Waals surface area contributed by atoms with Gasteiger partial charge in [0.25, 0.3) is 0 Å². The van der Waals surface area contributed by atoms with Gasteiger partial charge in [0.1, 0.15) is 54.1 Å². The number of nitrogens with two attached hydrogens (primary N) is 1. The minimum absolute atomic E-state index is 0.133. The van der Waals surface area contributed by atoms with Gasteiger partial charge in [0.05, 0.1) is 37.7 Å². The molecule has 2 rings (SSSR count). The van der Waals surface area contributed by atoms with Crippen LogP contribution in [0.2, 0.25) is 0 Å². The smallest absolute Gasteiger partial charge is 0.326 e. The Morgan fingerprint density at radius 2 is 1.06 bits per heavy atom. The van der Waals surface area contributed by atoms with Gasteiger partial charge in [-0.05, 0) is 69.2 Å². The molecule has 1 aliphatic heterocycles. The monoisotopic (exact) mass is 1010 g/mol. The molecule has 1 saturated heterocycles. The third kappa shape index (κ3) is 20.1. The molecule has 27 nitrogen and oxygen atoms in total. The Labute approximate surface area is 408 Å². The van der Waals surface area contributed by atoms with Gasteiger partial charge in [0, 0.05) is 6.42 Å². The summed E-state index contributed by atoms with van der Waals surface area (Å²) in [7, 11) is 0. The molecule has 1 heterocycles. The molecule has 0 unspecified atom stereocenters. The Hall–Kier alpha value is -6.97. The first-order valence-electron chi connectivity index (χ1n) is 22.8. The second-order valence-electron chi connectivity index (χ2n) is 17.9. The van der Waals surface area contributed by atoms with Crippen molar-refractivity contribution in [3.63, 3.8) is 0 Å². The Morgan fingerprint density at radius 1 is 0.606 bits per heavy atom. The lowest BCUT2D eigenvalue weighted by molar-refractivity contribution is -0.145. The number of carboxylic acids is 2. The molecule has 0 aromatic heterocycles. The zero-order valence-corrected chi connectivity index (χ0v) is 40.2. The molecular formula is C44H68N10O17. The minimum Gasteiger partial charge on any atom is -0.508 e. The van der Waals surface area contributed by atoms with Crippen molar-refractivity contribution < 1.29 is 83.4 Å². The highest BCUT2D eigenvalue weighted by Crippen LogP contribution is 2.14. The van der Waals surface area contributed by atoms with Crippen molar-refractivity contribution in [3.05, 3.63) is 29.8 Å². The van der Waals surface area contributed by atoms with Gasteiger partial charge in [-0.15, -0.1) is 0 Å². The minimum atomic E-state index is -1.96. The molecule has 0 saturated carbocycles. The molecule has 71 heavy (non-hydrogen) atoms. The Kier molecular flexibility index (Phi) is 24.3. The molecule has 0 spiro atoms. The zero-order chi connectivity index (χ0) is 53.9. The van der Waals surface area contributed by atoms with Crippen molar-refractivity contribution in [2.45, 2.75) is 147 Å². The number of benzene rings is 1. The molecule has 0 bridgehead atoms. The lowest BCUT2D eigenvalue weighted by atomic mass is 10.00. The van der Waals surface area contributed by atoms with E-state index in [0.29, 0.717) is 24.9 Å². The molecule has 396 valence electrons. The van der Waals surface area contributed by atoms with Gasteiger partial charge in [0.2, 0.25) is 53.2 Å². The second-order valence-corrected chi connectivity index (χ2v) is 17.9. The molecule has 0 aliphatic carbocycles. The van der Waals surface area contributed by atoms with Gasteiger partial charge in [0.15, 0.2) is 0 Å². The quantitative estimate of drug-likeness (QED) is 0.0356. The first-order valence-corrected chi connectivity index (χ1v) is 22.8. The van der Waals surface area contributed by atoms with Crippen LogP contribution >= 0.6 is 0 Å². The van der Waals surface area contributed by atoms with E-state index in [2.05, 4.69) is 47.9 Å². The van der Waals surface area contributed by atoms with E-state index in [4.69, 9.17) is 5.73 Å². The summed E-state index contributed by atoms with van der Waals surface area (Å²) in [4.78, 5) is 143. The summed E-state index contributed by atoms with van der Waals surface area (Å²) < 4.78 is 0. The molecule has 9 amide bonds. The molecule has 1 aliphatic rings. The summed E-state index contributed by atoms with van der Waals surface area (Å²) in [5, 5.41) is 80.9. The number of aliphatic carboxylic acids is 2. The number of nitrogens with one attached hydrogen (secondary N) is 9. The lowest BCUT2D eigenvalue weighted by Gasteiger charge is -2.29. The number of carbonyl (C=O) groups excluding carboxylic acids is 9. The van der Waals surface area contributed by atoms with Gasteiger partial charge in [-0.3, -0.25) is 47.9 Å². The van der Waals surface area contributed by atoms with Gasteiger partial charge < -0.3 is 84.2 Å². The number of aromatic hydroxyl groups is 1. The Balaban J connectivity index is 2.38. The van der Waals surface area contributed by atoms with E-state index in [0.717, 1.165) is 6.92 Å². The van der Waals surface area contributed by atoms with Crippen molar-refractivity contribution in [2.24, 2.45) is 17.6 Å². The van der Waals surface area contributed by atoms with Crippen LogP contribution in [-0.4, -0.2) is 175 Å². The van der Waals surface area contributed by atoms with E-state index in [9.17, 15) is 83.4 Å².